The number of amides is 1. The van der Waals surface area contributed by atoms with Crippen molar-refractivity contribution in [2.45, 2.75) is 31.3 Å². The minimum absolute atomic E-state index is 0.00388. The van der Waals surface area contributed by atoms with Crippen molar-refractivity contribution in [3.05, 3.63) is 34.4 Å². The lowest BCUT2D eigenvalue weighted by Gasteiger charge is -2.28. The van der Waals surface area contributed by atoms with Gasteiger partial charge in [-0.25, -0.2) is 0 Å². The number of nitro groups is 1. The highest BCUT2D eigenvalue weighted by atomic mass is 16.6. The van der Waals surface area contributed by atoms with Crippen LogP contribution in [0.4, 0.5) is 11.4 Å². The predicted octanol–water partition coefficient (Wildman–Crippen LogP) is 1.36. The molecule has 2 atom stereocenters. The van der Waals surface area contributed by atoms with Gasteiger partial charge >= 0.3 is 0 Å². The van der Waals surface area contributed by atoms with Gasteiger partial charge in [-0.15, -0.1) is 0 Å². The second-order valence-corrected chi connectivity index (χ2v) is 5.81. The number of para-hydroxylation sites is 2. The summed E-state index contributed by atoms with van der Waals surface area (Å²) in [6.07, 6.45) is 3.08. The lowest BCUT2D eigenvalue weighted by atomic mass is 10.1. The summed E-state index contributed by atoms with van der Waals surface area (Å²) in [7, 11) is 0. The van der Waals surface area contributed by atoms with E-state index in [1.165, 1.54) is 6.07 Å². The fraction of sp³-hybridized carbons (Fsp3) is 0.533. The van der Waals surface area contributed by atoms with Gasteiger partial charge in [-0.2, -0.15) is 0 Å². The maximum absolute atomic E-state index is 12.5. The summed E-state index contributed by atoms with van der Waals surface area (Å²) >= 11 is 0. The molecule has 2 N–H and O–H groups in total. The van der Waals surface area contributed by atoms with Crippen molar-refractivity contribution in [2.75, 3.05) is 25.0 Å². The number of hydrogen-bond donors (Lipinski definition) is 2. The average molecular weight is 304 g/mol. The monoisotopic (exact) mass is 304 g/mol. The molecule has 7 heteroatoms. The highest BCUT2D eigenvalue weighted by molar-refractivity contribution is 5.82. The van der Waals surface area contributed by atoms with E-state index in [2.05, 4.69) is 10.6 Å². The van der Waals surface area contributed by atoms with Crippen LogP contribution in [-0.2, 0) is 4.79 Å². The van der Waals surface area contributed by atoms with E-state index in [0.29, 0.717) is 11.7 Å². The number of benzene rings is 1. The average Bonchev–Trinajstić information content (AvgIpc) is 2.78. The topological polar surface area (TPSA) is 87.5 Å². The zero-order valence-corrected chi connectivity index (χ0v) is 12.3. The third-order valence-corrected chi connectivity index (χ3v) is 4.47. The van der Waals surface area contributed by atoms with Crippen molar-refractivity contribution in [2.24, 2.45) is 0 Å². The molecule has 0 spiro atoms. The number of nitrogens with zero attached hydrogens (tertiary/aromatic N) is 2. The summed E-state index contributed by atoms with van der Waals surface area (Å²) in [6, 6.07) is 6.97. The fourth-order valence-corrected chi connectivity index (χ4v) is 3.43. The van der Waals surface area contributed by atoms with Crippen molar-refractivity contribution >= 4 is 17.3 Å². The molecule has 1 aromatic rings. The molecule has 3 rings (SSSR count). The van der Waals surface area contributed by atoms with Crippen LogP contribution in [0.3, 0.4) is 0 Å². The summed E-state index contributed by atoms with van der Waals surface area (Å²) in [5, 5.41) is 17.3. The van der Waals surface area contributed by atoms with Crippen LogP contribution >= 0.6 is 0 Å². The Morgan fingerprint density at radius 2 is 2.09 bits per heavy atom. The third kappa shape index (κ3) is 2.89. The Labute approximate surface area is 128 Å². The van der Waals surface area contributed by atoms with E-state index in [-0.39, 0.29) is 24.2 Å². The molecule has 2 heterocycles. The number of hydrogen-bond acceptors (Lipinski definition) is 5. The van der Waals surface area contributed by atoms with Crippen LogP contribution in [0.5, 0.6) is 0 Å². The number of rotatable bonds is 4. The molecular formula is C15H20N4O3. The molecule has 22 heavy (non-hydrogen) atoms. The van der Waals surface area contributed by atoms with Gasteiger partial charge in [0.2, 0.25) is 5.91 Å². The third-order valence-electron chi connectivity index (χ3n) is 4.47. The van der Waals surface area contributed by atoms with Crippen molar-refractivity contribution in [1.29, 1.82) is 0 Å². The maximum Gasteiger partial charge on any atom is 0.292 e. The van der Waals surface area contributed by atoms with Crippen LogP contribution < -0.4 is 10.6 Å². The van der Waals surface area contributed by atoms with Gasteiger partial charge in [0, 0.05) is 24.7 Å². The van der Waals surface area contributed by atoms with Gasteiger partial charge < -0.3 is 15.5 Å². The first-order valence-corrected chi connectivity index (χ1v) is 7.66. The van der Waals surface area contributed by atoms with E-state index in [9.17, 15) is 14.9 Å². The molecule has 118 valence electrons. The minimum atomic E-state index is -0.438. The standard InChI is InChI=1S/C15H20N4O3/c20-15(18-11-5-6-12(18)9-16-8-7-11)10-17-13-3-1-2-4-14(13)19(21)22/h1-4,11-12,16-17H,5-10H2. The van der Waals surface area contributed by atoms with E-state index in [1.54, 1.807) is 18.2 Å². The van der Waals surface area contributed by atoms with Crippen LogP contribution in [-0.4, -0.2) is 47.4 Å². The molecule has 0 aliphatic carbocycles. The molecule has 2 bridgehead atoms. The molecule has 2 unspecified atom stereocenters. The first kappa shape index (κ1) is 14.8. The predicted molar refractivity (Wildman–Crippen MR) is 82.7 cm³/mol. The Balaban J connectivity index is 1.67. The smallest absolute Gasteiger partial charge is 0.292 e. The second-order valence-electron chi connectivity index (χ2n) is 5.81. The lowest BCUT2D eigenvalue weighted by molar-refractivity contribution is -0.383. The zero-order valence-electron chi connectivity index (χ0n) is 12.3. The zero-order chi connectivity index (χ0) is 15.5. The number of fused-ring (bicyclic) bond motifs is 2. The Hall–Kier alpha value is -2.15. The number of carbonyl (C=O) groups excluding carboxylic acids is 1. The van der Waals surface area contributed by atoms with Crippen molar-refractivity contribution in [3.8, 4) is 0 Å². The van der Waals surface area contributed by atoms with Crippen LogP contribution in [0, 0.1) is 10.1 Å². The summed E-state index contributed by atoms with van der Waals surface area (Å²) < 4.78 is 0. The molecule has 2 aliphatic rings. The molecule has 0 aromatic heterocycles. The highest BCUT2D eigenvalue weighted by Gasteiger charge is 2.37. The number of carbonyl (C=O) groups is 1. The van der Waals surface area contributed by atoms with Gasteiger partial charge in [0.1, 0.15) is 5.69 Å². The van der Waals surface area contributed by atoms with E-state index >= 15 is 0 Å². The molecule has 1 amide bonds. The number of anilines is 1. The van der Waals surface area contributed by atoms with Crippen LogP contribution in [0.1, 0.15) is 19.3 Å². The molecule has 2 saturated heterocycles. The van der Waals surface area contributed by atoms with Crippen molar-refractivity contribution < 1.29 is 9.72 Å². The fourth-order valence-electron chi connectivity index (χ4n) is 3.43. The second kappa shape index (κ2) is 6.31. The van der Waals surface area contributed by atoms with Gasteiger partial charge in [-0.1, -0.05) is 12.1 Å². The van der Waals surface area contributed by atoms with Crippen molar-refractivity contribution in [3.63, 3.8) is 0 Å². The quantitative estimate of drug-likeness (QED) is 0.648. The number of nitro benzene ring substituents is 1. The Kier molecular flexibility index (Phi) is 4.24. The van der Waals surface area contributed by atoms with E-state index in [4.69, 9.17) is 0 Å². The van der Waals surface area contributed by atoms with Gasteiger partial charge in [-0.3, -0.25) is 14.9 Å². The summed E-state index contributed by atoms with van der Waals surface area (Å²) in [5.74, 6) is 0.0225. The summed E-state index contributed by atoms with van der Waals surface area (Å²) in [4.78, 5) is 25.1. The van der Waals surface area contributed by atoms with Gasteiger partial charge in [0.05, 0.1) is 11.5 Å². The molecule has 7 nitrogen and oxygen atoms in total. The van der Waals surface area contributed by atoms with Crippen molar-refractivity contribution in [1.82, 2.24) is 10.2 Å². The van der Waals surface area contributed by atoms with E-state index < -0.39 is 4.92 Å². The van der Waals surface area contributed by atoms with E-state index in [0.717, 1.165) is 32.4 Å². The van der Waals surface area contributed by atoms with Crippen LogP contribution in [0.2, 0.25) is 0 Å². The molecule has 0 radical (unpaired) electrons. The first-order chi connectivity index (χ1) is 10.7. The Bertz CT molecular complexity index is 564. The lowest BCUT2D eigenvalue weighted by Crippen LogP contribution is -2.45. The molecule has 2 fully saturated rings. The molecule has 1 aromatic carbocycles. The Morgan fingerprint density at radius 1 is 1.32 bits per heavy atom. The number of nitrogens with one attached hydrogen (secondary N) is 2. The van der Waals surface area contributed by atoms with E-state index in [1.807, 2.05) is 4.90 Å². The highest BCUT2D eigenvalue weighted by Crippen LogP contribution is 2.28. The van der Waals surface area contributed by atoms with Gasteiger partial charge in [-0.05, 0) is 31.9 Å². The summed E-state index contributed by atoms with van der Waals surface area (Å²) in [6.45, 7) is 1.88. The Morgan fingerprint density at radius 3 is 2.91 bits per heavy atom. The molecular weight excluding hydrogens is 284 g/mol. The SMILES string of the molecule is O=C(CNc1ccccc1[N+](=O)[O-])N1C2CCNCC1CC2. The normalized spacial score (nSPS) is 23.9. The molecule has 0 saturated carbocycles. The van der Waals surface area contributed by atoms with Gasteiger partial charge in [0.15, 0.2) is 0 Å². The summed E-state index contributed by atoms with van der Waals surface area (Å²) in [5.41, 5.74) is 0.386. The van der Waals surface area contributed by atoms with Gasteiger partial charge in [0.25, 0.3) is 5.69 Å². The van der Waals surface area contributed by atoms with Crippen LogP contribution in [0.25, 0.3) is 0 Å². The largest absolute Gasteiger partial charge is 0.371 e. The first-order valence-electron chi connectivity index (χ1n) is 7.66. The molecule has 2 aliphatic heterocycles. The maximum atomic E-state index is 12.5. The minimum Gasteiger partial charge on any atom is -0.371 e. The van der Waals surface area contributed by atoms with Crippen LogP contribution in [0.15, 0.2) is 24.3 Å².